The van der Waals surface area contributed by atoms with Gasteiger partial charge in [0, 0.05) is 25.2 Å². The number of halogens is 1. The van der Waals surface area contributed by atoms with Gasteiger partial charge in [-0.1, -0.05) is 39.3 Å². The van der Waals surface area contributed by atoms with E-state index in [1.807, 2.05) is 6.07 Å². The van der Waals surface area contributed by atoms with E-state index in [-0.39, 0.29) is 5.82 Å². The maximum Gasteiger partial charge on any atom is 0.127 e. The van der Waals surface area contributed by atoms with Gasteiger partial charge in [-0.15, -0.1) is 0 Å². The van der Waals surface area contributed by atoms with Crippen molar-refractivity contribution in [2.45, 2.75) is 40.3 Å². The van der Waals surface area contributed by atoms with Gasteiger partial charge in [-0.05, 0) is 24.1 Å². The molecule has 18 heavy (non-hydrogen) atoms. The first-order chi connectivity index (χ1) is 8.60. The van der Waals surface area contributed by atoms with E-state index in [9.17, 15) is 4.39 Å². The van der Waals surface area contributed by atoms with Crippen LogP contribution in [0.1, 0.15) is 38.3 Å². The molecule has 0 saturated heterocycles. The van der Waals surface area contributed by atoms with Crippen LogP contribution in [0.3, 0.4) is 0 Å². The number of benzene rings is 1. The second kappa shape index (κ2) is 7.49. The molecule has 2 nitrogen and oxygen atoms in total. The molecule has 102 valence electrons. The standard InChI is InChI=1S/C15H25FN2/c1-4-12(3)10-18(5-2)11-14-8-13(9-17)6-7-15(14)16/h6-8,12H,4-5,9-11,17H2,1-3H3. The quantitative estimate of drug-likeness (QED) is 0.807. The highest BCUT2D eigenvalue weighted by molar-refractivity contribution is 5.25. The van der Waals surface area contributed by atoms with Crippen molar-refractivity contribution in [3.8, 4) is 0 Å². The zero-order chi connectivity index (χ0) is 13.5. The zero-order valence-electron chi connectivity index (χ0n) is 11.7. The average molecular weight is 252 g/mol. The van der Waals surface area contributed by atoms with Gasteiger partial charge in [0.2, 0.25) is 0 Å². The summed E-state index contributed by atoms with van der Waals surface area (Å²) in [4.78, 5) is 2.28. The molecular formula is C15H25FN2. The van der Waals surface area contributed by atoms with Gasteiger partial charge in [0.1, 0.15) is 5.82 Å². The number of nitrogens with two attached hydrogens (primary N) is 1. The summed E-state index contributed by atoms with van der Waals surface area (Å²) >= 11 is 0. The van der Waals surface area contributed by atoms with E-state index in [2.05, 4.69) is 25.7 Å². The Kier molecular flexibility index (Phi) is 6.30. The average Bonchev–Trinajstić information content (AvgIpc) is 2.39. The topological polar surface area (TPSA) is 29.3 Å². The summed E-state index contributed by atoms with van der Waals surface area (Å²) in [5.41, 5.74) is 7.34. The Labute approximate surface area is 110 Å². The van der Waals surface area contributed by atoms with Crippen LogP contribution in [-0.2, 0) is 13.1 Å². The van der Waals surface area contributed by atoms with Crippen LogP contribution in [0.2, 0.25) is 0 Å². The fourth-order valence-corrected chi connectivity index (χ4v) is 1.99. The van der Waals surface area contributed by atoms with Crippen molar-refractivity contribution < 1.29 is 4.39 Å². The lowest BCUT2D eigenvalue weighted by molar-refractivity contribution is 0.235. The fourth-order valence-electron chi connectivity index (χ4n) is 1.99. The lowest BCUT2D eigenvalue weighted by Crippen LogP contribution is -2.28. The van der Waals surface area contributed by atoms with E-state index < -0.39 is 0 Å². The van der Waals surface area contributed by atoms with Crippen molar-refractivity contribution in [2.24, 2.45) is 11.7 Å². The first-order valence-corrected chi connectivity index (χ1v) is 6.80. The first kappa shape index (κ1) is 15.1. The minimum Gasteiger partial charge on any atom is -0.326 e. The Balaban J connectivity index is 2.74. The lowest BCUT2D eigenvalue weighted by atomic mass is 10.1. The molecule has 3 heteroatoms. The molecule has 1 atom stereocenters. The van der Waals surface area contributed by atoms with Crippen molar-refractivity contribution >= 4 is 0 Å². The Morgan fingerprint density at radius 1 is 1.33 bits per heavy atom. The molecule has 0 radical (unpaired) electrons. The number of nitrogens with zero attached hydrogens (tertiary/aromatic N) is 1. The predicted molar refractivity (Wildman–Crippen MR) is 74.7 cm³/mol. The summed E-state index contributed by atoms with van der Waals surface area (Å²) < 4.78 is 13.8. The molecular weight excluding hydrogens is 227 g/mol. The van der Waals surface area contributed by atoms with E-state index in [0.29, 0.717) is 19.0 Å². The Hall–Kier alpha value is -0.930. The SMILES string of the molecule is CCC(C)CN(CC)Cc1cc(CN)ccc1F. The van der Waals surface area contributed by atoms with Gasteiger partial charge in [0.15, 0.2) is 0 Å². The van der Waals surface area contributed by atoms with Crippen LogP contribution in [0.5, 0.6) is 0 Å². The first-order valence-electron chi connectivity index (χ1n) is 6.80. The van der Waals surface area contributed by atoms with Gasteiger partial charge in [-0.25, -0.2) is 4.39 Å². The molecule has 0 saturated carbocycles. The lowest BCUT2D eigenvalue weighted by Gasteiger charge is -2.24. The minimum absolute atomic E-state index is 0.130. The Morgan fingerprint density at radius 2 is 2.06 bits per heavy atom. The van der Waals surface area contributed by atoms with Crippen LogP contribution < -0.4 is 5.73 Å². The van der Waals surface area contributed by atoms with Gasteiger partial charge in [0.05, 0.1) is 0 Å². The molecule has 0 aliphatic carbocycles. The molecule has 1 aromatic carbocycles. The highest BCUT2D eigenvalue weighted by Gasteiger charge is 2.11. The van der Waals surface area contributed by atoms with Gasteiger partial charge < -0.3 is 5.73 Å². The van der Waals surface area contributed by atoms with Crippen LogP contribution in [-0.4, -0.2) is 18.0 Å². The second-order valence-corrected chi connectivity index (χ2v) is 4.97. The normalized spacial score (nSPS) is 13.0. The van der Waals surface area contributed by atoms with Crippen LogP contribution in [0.15, 0.2) is 18.2 Å². The highest BCUT2D eigenvalue weighted by Crippen LogP contribution is 2.14. The molecule has 0 heterocycles. The predicted octanol–water partition coefficient (Wildman–Crippen LogP) is 3.15. The van der Waals surface area contributed by atoms with Gasteiger partial charge in [-0.3, -0.25) is 4.90 Å². The van der Waals surface area contributed by atoms with Crippen molar-refractivity contribution in [2.75, 3.05) is 13.1 Å². The number of hydrogen-bond donors (Lipinski definition) is 1. The molecule has 1 aromatic rings. The largest absolute Gasteiger partial charge is 0.326 e. The van der Waals surface area contributed by atoms with Crippen LogP contribution in [0.4, 0.5) is 4.39 Å². The molecule has 0 bridgehead atoms. The molecule has 2 N–H and O–H groups in total. The molecule has 0 aliphatic rings. The summed E-state index contributed by atoms with van der Waals surface area (Å²) in [5.74, 6) is 0.514. The molecule has 0 fully saturated rings. The Bertz CT molecular complexity index is 366. The van der Waals surface area contributed by atoms with Crippen LogP contribution in [0.25, 0.3) is 0 Å². The number of hydrogen-bond acceptors (Lipinski definition) is 2. The number of rotatable bonds is 7. The summed E-state index contributed by atoms with van der Waals surface area (Å²) in [6, 6.07) is 5.16. The maximum absolute atomic E-state index is 13.8. The summed E-state index contributed by atoms with van der Waals surface area (Å²) in [7, 11) is 0. The summed E-state index contributed by atoms with van der Waals surface area (Å²) in [6.45, 7) is 9.62. The maximum atomic E-state index is 13.8. The van der Waals surface area contributed by atoms with Crippen molar-refractivity contribution in [1.29, 1.82) is 0 Å². The third-order valence-corrected chi connectivity index (χ3v) is 3.45. The Morgan fingerprint density at radius 3 is 2.61 bits per heavy atom. The molecule has 1 unspecified atom stereocenters. The summed E-state index contributed by atoms with van der Waals surface area (Å²) in [5, 5.41) is 0. The van der Waals surface area contributed by atoms with E-state index >= 15 is 0 Å². The zero-order valence-corrected chi connectivity index (χ0v) is 11.7. The fraction of sp³-hybridized carbons (Fsp3) is 0.600. The second-order valence-electron chi connectivity index (χ2n) is 4.97. The van der Waals surface area contributed by atoms with Crippen molar-refractivity contribution in [3.05, 3.63) is 35.1 Å². The highest BCUT2D eigenvalue weighted by atomic mass is 19.1. The molecule has 1 rings (SSSR count). The van der Waals surface area contributed by atoms with Crippen molar-refractivity contribution in [1.82, 2.24) is 4.90 Å². The molecule has 0 spiro atoms. The van der Waals surface area contributed by atoms with Gasteiger partial charge in [-0.2, -0.15) is 0 Å². The smallest absolute Gasteiger partial charge is 0.127 e. The minimum atomic E-state index is -0.130. The third kappa shape index (κ3) is 4.39. The monoisotopic (exact) mass is 252 g/mol. The molecule has 0 aliphatic heterocycles. The van der Waals surface area contributed by atoms with Crippen LogP contribution >= 0.6 is 0 Å². The van der Waals surface area contributed by atoms with E-state index in [1.54, 1.807) is 6.07 Å². The summed E-state index contributed by atoms with van der Waals surface area (Å²) in [6.07, 6.45) is 1.15. The van der Waals surface area contributed by atoms with E-state index in [0.717, 1.165) is 30.6 Å². The van der Waals surface area contributed by atoms with E-state index in [4.69, 9.17) is 5.73 Å². The molecule has 0 amide bonds. The van der Waals surface area contributed by atoms with Gasteiger partial charge >= 0.3 is 0 Å². The van der Waals surface area contributed by atoms with Gasteiger partial charge in [0.25, 0.3) is 0 Å². The molecule has 0 aromatic heterocycles. The van der Waals surface area contributed by atoms with Crippen LogP contribution in [0, 0.1) is 11.7 Å². The van der Waals surface area contributed by atoms with E-state index in [1.165, 1.54) is 6.07 Å². The third-order valence-electron chi connectivity index (χ3n) is 3.45. The van der Waals surface area contributed by atoms with Crippen molar-refractivity contribution in [3.63, 3.8) is 0 Å².